The Kier molecular flexibility index (Phi) is 14.2. The summed E-state index contributed by atoms with van der Waals surface area (Å²) >= 11 is 5.09. The maximum atomic E-state index is 12.9. The van der Waals surface area contributed by atoms with E-state index in [-0.39, 0.29) is 27.4 Å². The molecule has 0 aliphatic rings. The molecule has 2 unspecified atom stereocenters. The molecule has 0 aliphatic carbocycles. The molecular formula is C28H52N2O4S3. The standard InChI is InChI=1S/C28H52N2O4S3/c1-14-28(13,37-21(17-22(31)32)23(33)29-24(2,3)4)16-15-27(11,12)36-19-20(18-35-26(8,9)10)30-34-25(5,6)7/h14,21H,1,15-19H2,2-13H3,(H,29,33)(H,31,32)/b30-20+. The summed E-state index contributed by atoms with van der Waals surface area (Å²) in [6.07, 6.45) is 3.25. The molecule has 0 aromatic heterocycles. The first-order chi connectivity index (χ1) is 16.5. The number of carboxylic acid groups (broad SMARTS) is 1. The normalized spacial score (nSPS) is 16.1. The minimum atomic E-state index is -0.985. The minimum Gasteiger partial charge on any atom is -0.481 e. The highest BCUT2D eigenvalue weighted by atomic mass is 32.2. The number of nitrogens with zero attached hydrogens (tertiary/aromatic N) is 1. The molecule has 0 radical (unpaired) electrons. The van der Waals surface area contributed by atoms with E-state index in [1.807, 2.05) is 78.1 Å². The van der Waals surface area contributed by atoms with Crippen LogP contribution in [0.3, 0.4) is 0 Å². The lowest BCUT2D eigenvalue weighted by atomic mass is 9.98. The number of thioether (sulfide) groups is 3. The van der Waals surface area contributed by atoms with Crippen LogP contribution >= 0.6 is 35.3 Å². The molecule has 0 fully saturated rings. The van der Waals surface area contributed by atoms with Gasteiger partial charge in [-0.3, -0.25) is 9.59 Å². The lowest BCUT2D eigenvalue weighted by Gasteiger charge is -2.34. The van der Waals surface area contributed by atoms with Gasteiger partial charge < -0.3 is 15.3 Å². The largest absolute Gasteiger partial charge is 0.481 e. The first kappa shape index (κ1) is 36.2. The second-order valence-electron chi connectivity index (χ2n) is 13.3. The van der Waals surface area contributed by atoms with E-state index in [1.54, 1.807) is 0 Å². The molecular weight excluding hydrogens is 525 g/mol. The number of rotatable bonds is 15. The highest BCUT2D eigenvalue weighted by Gasteiger charge is 2.34. The summed E-state index contributed by atoms with van der Waals surface area (Å²) in [5.74, 6) is 0.335. The van der Waals surface area contributed by atoms with Crippen LogP contribution in [-0.4, -0.2) is 64.8 Å². The van der Waals surface area contributed by atoms with E-state index in [2.05, 4.69) is 51.7 Å². The van der Waals surface area contributed by atoms with Gasteiger partial charge in [-0.25, -0.2) is 0 Å². The Morgan fingerprint density at radius 3 is 1.92 bits per heavy atom. The molecule has 0 heterocycles. The van der Waals surface area contributed by atoms with Gasteiger partial charge >= 0.3 is 5.97 Å². The van der Waals surface area contributed by atoms with Crippen LogP contribution in [0.5, 0.6) is 0 Å². The molecule has 0 aromatic carbocycles. The molecule has 2 atom stereocenters. The predicted molar refractivity (Wildman–Crippen MR) is 166 cm³/mol. The SMILES string of the molecule is C=CC(C)(CCC(C)(C)SC/C(CSC(C)(C)C)=N/OC(C)(C)C)SC(CC(=O)O)C(=O)NC(C)(C)C. The van der Waals surface area contributed by atoms with E-state index < -0.39 is 21.5 Å². The van der Waals surface area contributed by atoms with Gasteiger partial charge in [-0.15, -0.1) is 41.9 Å². The van der Waals surface area contributed by atoms with Gasteiger partial charge in [-0.1, -0.05) is 45.9 Å². The summed E-state index contributed by atoms with van der Waals surface area (Å²) in [6, 6.07) is 0. The molecule has 1 amide bonds. The van der Waals surface area contributed by atoms with Gasteiger partial charge in [0.05, 0.1) is 17.4 Å². The van der Waals surface area contributed by atoms with E-state index in [4.69, 9.17) is 4.84 Å². The quantitative estimate of drug-likeness (QED) is 0.119. The summed E-state index contributed by atoms with van der Waals surface area (Å²) in [5.41, 5.74) is 0.250. The predicted octanol–water partition coefficient (Wildman–Crippen LogP) is 7.42. The third-order valence-corrected chi connectivity index (χ3v) is 9.35. The van der Waals surface area contributed by atoms with Crippen LogP contribution in [0, 0.1) is 0 Å². The second kappa shape index (κ2) is 14.5. The minimum absolute atomic E-state index is 0.0598. The maximum Gasteiger partial charge on any atom is 0.305 e. The van der Waals surface area contributed by atoms with Crippen LogP contribution in [0.4, 0.5) is 0 Å². The lowest BCUT2D eigenvalue weighted by Crippen LogP contribution is -2.46. The Labute approximate surface area is 239 Å². The molecule has 0 rings (SSSR count). The number of hydrogen-bond donors (Lipinski definition) is 2. The van der Waals surface area contributed by atoms with Crippen molar-refractivity contribution in [1.82, 2.24) is 5.32 Å². The zero-order chi connectivity index (χ0) is 29.3. The summed E-state index contributed by atoms with van der Waals surface area (Å²) in [7, 11) is 0. The third kappa shape index (κ3) is 19.0. The highest BCUT2D eigenvalue weighted by molar-refractivity contribution is 8.03. The van der Waals surface area contributed by atoms with Crippen LogP contribution in [0.1, 0.15) is 102 Å². The molecule has 0 aromatic rings. The van der Waals surface area contributed by atoms with Crippen LogP contribution < -0.4 is 5.32 Å². The number of nitrogens with one attached hydrogen (secondary N) is 1. The van der Waals surface area contributed by atoms with Crippen molar-refractivity contribution in [2.45, 2.75) is 133 Å². The zero-order valence-corrected chi connectivity index (χ0v) is 27.7. The summed E-state index contributed by atoms with van der Waals surface area (Å²) in [5, 5.41) is 16.2. The zero-order valence-electron chi connectivity index (χ0n) is 25.2. The molecule has 37 heavy (non-hydrogen) atoms. The van der Waals surface area contributed by atoms with Gasteiger partial charge in [0, 0.05) is 31.3 Å². The number of amides is 1. The molecule has 0 saturated carbocycles. The Morgan fingerprint density at radius 2 is 1.49 bits per heavy atom. The average Bonchev–Trinajstić information content (AvgIpc) is 2.68. The van der Waals surface area contributed by atoms with E-state index in [0.29, 0.717) is 0 Å². The lowest BCUT2D eigenvalue weighted by molar-refractivity contribution is -0.138. The van der Waals surface area contributed by atoms with Crippen LogP contribution in [-0.2, 0) is 14.4 Å². The van der Waals surface area contributed by atoms with Crippen molar-refractivity contribution in [3.8, 4) is 0 Å². The fourth-order valence-electron chi connectivity index (χ4n) is 2.83. The van der Waals surface area contributed by atoms with Gasteiger partial charge in [0.1, 0.15) is 5.60 Å². The van der Waals surface area contributed by atoms with Crippen molar-refractivity contribution >= 4 is 52.9 Å². The fourth-order valence-corrected chi connectivity index (χ4v) is 6.03. The number of carbonyl (C=O) groups is 2. The number of carbonyl (C=O) groups excluding carboxylic acids is 1. The Balaban J connectivity index is 5.39. The van der Waals surface area contributed by atoms with Crippen LogP contribution in [0.15, 0.2) is 17.8 Å². The van der Waals surface area contributed by atoms with Crippen molar-refractivity contribution < 1.29 is 19.5 Å². The van der Waals surface area contributed by atoms with Crippen molar-refractivity contribution in [2.75, 3.05) is 11.5 Å². The van der Waals surface area contributed by atoms with Crippen LogP contribution in [0.2, 0.25) is 0 Å². The second-order valence-corrected chi connectivity index (χ2v) is 18.5. The first-order valence-corrected chi connectivity index (χ1v) is 15.7. The maximum absolute atomic E-state index is 12.9. The Hall–Kier alpha value is -0.800. The highest BCUT2D eigenvalue weighted by Crippen LogP contribution is 2.40. The van der Waals surface area contributed by atoms with Crippen molar-refractivity contribution in [3.05, 3.63) is 12.7 Å². The van der Waals surface area contributed by atoms with Gasteiger partial charge in [0.25, 0.3) is 0 Å². The Bertz CT molecular complexity index is 793. The van der Waals surface area contributed by atoms with Gasteiger partial charge in [0.15, 0.2) is 0 Å². The molecule has 216 valence electrons. The van der Waals surface area contributed by atoms with E-state index in [0.717, 1.165) is 30.1 Å². The smallest absolute Gasteiger partial charge is 0.305 e. The van der Waals surface area contributed by atoms with Crippen molar-refractivity contribution in [1.29, 1.82) is 0 Å². The molecule has 0 aliphatic heterocycles. The fraction of sp³-hybridized carbons (Fsp3) is 0.821. The average molecular weight is 577 g/mol. The number of oxime groups is 1. The molecule has 2 N–H and O–H groups in total. The topological polar surface area (TPSA) is 88.0 Å². The summed E-state index contributed by atoms with van der Waals surface area (Å²) in [6.45, 7) is 28.7. The van der Waals surface area contributed by atoms with E-state index >= 15 is 0 Å². The van der Waals surface area contributed by atoms with E-state index in [9.17, 15) is 14.7 Å². The van der Waals surface area contributed by atoms with E-state index in [1.165, 1.54) is 11.8 Å². The first-order valence-electron chi connectivity index (χ1n) is 12.8. The summed E-state index contributed by atoms with van der Waals surface area (Å²) in [4.78, 5) is 30.1. The van der Waals surface area contributed by atoms with Gasteiger partial charge in [-0.05, 0) is 61.3 Å². The number of aliphatic carboxylic acids is 1. The van der Waals surface area contributed by atoms with Crippen LogP contribution in [0.25, 0.3) is 0 Å². The van der Waals surface area contributed by atoms with Crippen molar-refractivity contribution in [2.24, 2.45) is 5.16 Å². The Morgan fingerprint density at radius 1 is 0.946 bits per heavy atom. The molecule has 0 bridgehead atoms. The molecule has 6 nitrogen and oxygen atoms in total. The number of hydrogen-bond acceptors (Lipinski definition) is 7. The molecule has 9 heteroatoms. The summed E-state index contributed by atoms with van der Waals surface area (Å²) < 4.78 is -0.366. The molecule has 0 saturated heterocycles. The monoisotopic (exact) mass is 576 g/mol. The number of carboxylic acids is 1. The third-order valence-electron chi connectivity index (χ3n) is 4.97. The van der Waals surface area contributed by atoms with Crippen molar-refractivity contribution in [3.63, 3.8) is 0 Å². The molecule has 0 spiro atoms. The van der Waals surface area contributed by atoms with Gasteiger partial charge in [-0.2, -0.15) is 0 Å². The van der Waals surface area contributed by atoms with Gasteiger partial charge in [0.2, 0.25) is 5.91 Å².